The van der Waals surface area contributed by atoms with Crippen LogP contribution in [0.2, 0.25) is 0 Å². The topological polar surface area (TPSA) is 24.9 Å². The van der Waals surface area contributed by atoms with Crippen molar-refractivity contribution in [3.05, 3.63) is 40.2 Å². The Balaban J connectivity index is 2.49. The van der Waals surface area contributed by atoms with Crippen molar-refractivity contribution in [1.29, 1.82) is 0 Å². The molecule has 18 heavy (non-hydrogen) atoms. The van der Waals surface area contributed by atoms with Gasteiger partial charge in [-0.05, 0) is 39.4 Å². The van der Waals surface area contributed by atoms with Crippen LogP contribution in [0.15, 0.2) is 18.2 Å². The van der Waals surface area contributed by atoms with Gasteiger partial charge < -0.3 is 5.32 Å². The van der Waals surface area contributed by atoms with Gasteiger partial charge in [-0.1, -0.05) is 12.1 Å². The molecule has 0 bridgehead atoms. The van der Waals surface area contributed by atoms with Crippen molar-refractivity contribution in [3.8, 4) is 10.6 Å². The van der Waals surface area contributed by atoms with E-state index in [1.165, 1.54) is 0 Å². The van der Waals surface area contributed by atoms with Crippen molar-refractivity contribution in [2.45, 2.75) is 26.8 Å². The van der Waals surface area contributed by atoms with Gasteiger partial charge >= 0.3 is 0 Å². The van der Waals surface area contributed by atoms with Crippen LogP contribution in [-0.2, 0) is 0 Å². The summed E-state index contributed by atoms with van der Waals surface area (Å²) >= 11 is 1.55. The third-order valence-corrected chi connectivity index (χ3v) is 4.45. The molecule has 1 heterocycles. The monoisotopic (exact) mass is 264 g/mol. The first-order valence-electron chi connectivity index (χ1n) is 5.94. The molecule has 0 aliphatic carbocycles. The van der Waals surface area contributed by atoms with Crippen molar-refractivity contribution in [3.63, 3.8) is 0 Å². The fourth-order valence-corrected chi connectivity index (χ4v) is 3.02. The zero-order chi connectivity index (χ0) is 13.3. The molecule has 1 N–H and O–H groups in total. The first-order valence-corrected chi connectivity index (χ1v) is 6.76. The molecule has 1 aromatic carbocycles. The van der Waals surface area contributed by atoms with Crippen LogP contribution in [0.25, 0.3) is 10.6 Å². The summed E-state index contributed by atoms with van der Waals surface area (Å²) in [6.07, 6.45) is 0. The molecule has 1 unspecified atom stereocenters. The Morgan fingerprint density at radius 1 is 1.33 bits per heavy atom. The lowest BCUT2D eigenvalue weighted by Gasteiger charge is -2.07. The van der Waals surface area contributed by atoms with E-state index in [1.807, 2.05) is 20.0 Å². The maximum atomic E-state index is 14.1. The minimum atomic E-state index is -0.171. The van der Waals surface area contributed by atoms with Crippen LogP contribution in [0.3, 0.4) is 0 Å². The highest BCUT2D eigenvalue weighted by Crippen LogP contribution is 2.33. The lowest BCUT2D eigenvalue weighted by molar-refractivity contribution is 0.622. The summed E-state index contributed by atoms with van der Waals surface area (Å²) in [5, 5.41) is 3.94. The Bertz CT molecular complexity index is 563. The smallest absolute Gasteiger partial charge is 0.136 e. The summed E-state index contributed by atoms with van der Waals surface area (Å²) in [6.45, 7) is 5.82. The SMILES string of the molecule is CNC(C)c1sc(-c2cccc(C)c2F)nc1C. The molecule has 96 valence electrons. The molecular formula is C14H17FN2S. The molecule has 0 saturated heterocycles. The van der Waals surface area contributed by atoms with Gasteiger partial charge in [-0.15, -0.1) is 11.3 Å². The Kier molecular flexibility index (Phi) is 3.78. The van der Waals surface area contributed by atoms with Gasteiger partial charge in [0.15, 0.2) is 0 Å². The van der Waals surface area contributed by atoms with Gasteiger partial charge in [0.25, 0.3) is 0 Å². The first kappa shape index (κ1) is 13.2. The average Bonchev–Trinajstić information content (AvgIpc) is 2.73. The minimum absolute atomic E-state index is 0.171. The maximum Gasteiger partial charge on any atom is 0.136 e. The van der Waals surface area contributed by atoms with Crippen LogP contribution in [0, 0.1) is 19.7 Å². The number of benzene rings is 1. The molecule has 1 atom stereocenters. The molecular weight excluding hydrogens is 247 g/mol. The van der Waals surface area contributed by atoms with Crippen LogP contribution in [0.1, 0.15) is 29.1 Å². The van der Waals surface area contributed by atoms with Gasteiger partial charge in [-0.3, -0.25) is 0 Å². The lowest BCUT2D eigenvalue weighted by Crippen LogP contribution is -2.11. The number of thiazole rings is 1. The standard InChI is InChI=1S/C14H17FN2S/c1-8-6-5-7-11(12(8)15)14-17-10(3)13(18-14)9(2)16-4/h5-7,9,16H,1-4H3. The van der Waals surface area contributed by atoms with Crippen LogP contribution in [0.4, 0.5) is 4.39 Å². The van der Waals surface area contributed by atoms with E-state index in [-0.39, 0.29) is 11.9 Å². The number of halogens is 1. The Hall–Kier alpha value is -1.26. The van der Waals surface area contributed by atoms with Crippen molar-refractivity contribution in [2.75, 3.05) is 7.05 Å². The van der Waals surface area contributed by atoms with Gasteiger partial charge in [-0.2, -0.15) is 0 Å². The van der Waals surface area contributed by atoms with E-state index in [0.717, 1.165) is 15.6 Å². The van der Waals surface area contributed by atoms with Crippen molar-refractivity contribution in [2.24, 2.45) is 0 Å². The van der Waals surface area contributed by atoms with Crippen molar-refractivity contribution in [1.82, 2.24) is 10.3 Å². The largest absolute Gasteiger partial charge is 0.312 e. The first-order chi connectivity index (χ1) is 8.54. The summed E-state index contributed by atoms with van der Waals surface area (Å²) in [7, 11) is 1.91. The van der Waals surface area contributed by atoms with E-state index in [2.05, 4.69) is 17.2 Å². The van der Waals surface area contributed by atoms with Crippen LogP contribution < -0.4 is 5.32 Å². The molecule has 1 aromatic heterocycles. The molecule has 0 aliphatic heterocycles. The lowest BCUT2D eigenvalue weighted by atomic mass is 10.1. The van der Waals surface area contributed by atoms with E-state index in [0.29, 0.717) is 11.1 Å². The molecule has 0 amide bonds. The molecule has 2 rings (SSSR count). The Morgan fingerprint density at radius 2 is 2.06 bits per heavy atom. The number of hydrogen-bond acceptors (Lipinski definition) is 3. The Morgan fingerprint density at radius 3 is 2.72 bits per heavy atom. The highest BCUT2D eigenvalue weighted by molar-refractivity contribution is 7.15. The average molecular weight is 264 g/mol. The van der Waals surface area contributed by atoms with Crippen LogP contribution in [0.5, 0.6) is 0 Å². The number of aryl methyl sites for hydroxylation is 2. The summed E-state index contributed by atoms with van der Waals surface area (Å²) in [5.74, 6) is -0.171. The van der Waals surface area contributed by atoms with Crippen molar-refractivity contribution < 1.29 is 4.39 Å². The fraction of sp³-hybridized carbons (Fsp3) is 0.357. The van der Waals surface area contributed by atoms with E-state index < -0.39 is 0 Å². The van der Waals surface area contributed by atoms with E-state index in [1.54, 1.807) is 30.4 Å². The Labute approximate surface area is 111 Å². The molecule has 0 aliphatic rings. The predicted molar refractivity (Wildman–Crippen MR) is 74.5 cm³/mol. The second-order valence-electron chi connectivity index (χ2n) is 4.42. The summed E-state index contributed by atoms with van der Waals surface area (Å²) in [6, 6.07) is 5.67. The number of hydrogen-bond donors (Lipinski definition) is 1. The summed E-state index contributed by atoms with van der Waals surface area (Å²) < 4.78 is 14.1. The van der Waals surface area contributed by atoms with Gasteiger partial charge in [0, 0.05) is 16.5 Å². The minimum Gasteiger partial charge on any atom is -0.312 e. The number of aromatic nitrogens is 1. The van der Waals surface area contributed by atoms with Crippen LogP contribution in [-0.4, -0.2) is 12.0 Å². The van der Waals surface area contributed by atoms with Gasteiger partial charge in [0.1, 0.15) is 10.8 Å². The zero-order valence-electron chi connectivity index (χ0n) is 11.0. The normalized spacial score (nSPS) is 12.7. The third kappa shape index (κ3) is 2.31. The second kappa shape index (κ2) is 5.16. The number of nitrogens with zero attached hydrogens (tertiary/aromatic N) is 1. The van der Waals surface area contributed by atoms with Gasteiger partial charge in [-0.25, -0.2) is 9.37 Å². The molecule has 2 aromatic rings. The maximum absolute atomic E-state index is 14.1. The fourth-order valence-electron chi connectivity index (χ4n) is 1.87. The van der Waals surface area contributed by atoms with Crippen molar-refractivity contribution >= 4 is 11.3 Å². The molecule has 2 nitrogen and oxygen atoms in total. The highest BCUT2D eigenvalue weighted by atomic mass is 32.1. The molecule has 4 heteroatoms. The number of nitrogens with one attached hydrogen (secondary N) is 1. The highest BCUT2D eigenvalue weighted by Gasteiger charge is 2.16. The quantitative estimate of drug-likeness (QED) is 0.911. The van der Waals surface area contributed by atoms with Gasteiger partial charge in [0.2, 0.25) is 0 Å². The van der Waals surface area contributed by atoms with Gasteiger partial charge in [0.05, 0.1) is 5.69 Å². The third-order valence-electron chi connectivity index (χ3n) is 3.08. The number of rotatable bonds is 3. The molecule has 0 radical (unpaired) electrons. The molecule has 0 spiro atoms. The van der Waals surface area contributed by atoms with Crippen LogP contribution >= 0.6 is 11.3 Å². The van der Waals surface area contributed by atoms with E-state index in [9.17, 15) is 4.39 Å². The van der Waals surface area contributed by atoms with E-state index in [4.69, 9.17) is 0 Å². The summed E-state index contributed by atoms with van der Waals surface area (Å²) in [4.78, 5) is 5.65. The molecule has 0 fully saturated rings. The predicted octanol–water partition coefficient (Wildman–Crippen LogP) is 3.85. The summed E-state index contributed by atoms with van der Waals surface area (Å²) in [5.41, 5.74) is 2.22. The second-order valence-corrected chi connectivity index (χ2v) is 5.45. The zero-order valence-corrected chi connectivity index (χ0v) is 11.9. The molecule has 0 saturated carbocycles. The van der Waals surface area contributed by atoms with E-state index >= 15 is 0 Å².